The molecule has 0 fully saturated rings. The van der Waals surface area contributed by atoms with Crippen molar-refractivity contribution in [1.82, 2.24) is 0 Å². The highest BCUT2D eigenvalue weighted by atomic mass is 16.6. The summed E-state index contributed by atoms with van der Waals surface area (Å²) in [4.78, 5) is 22.4. The van der Waals surface area contributed by atoms with Gasteiger partial charge in [-0.2, -0.15) is 0 Å². The highest BCUT2D eigenvalue weighted by Gasteiger charge is 2.17. The molecule has 1 heterocycles. The summed E-state index contributed by atoms with van der Waals surface area (Å²) in [6.45, 7) is 5.36. The number of furan rings is 1. The molecule has 5 heteroatoms. The van der Waals surface area contributed by atoms with Gasteiger partial charge in [0.25, 0.3) is 0 Å². The van der Waals surface area contributed by atoms with Crippen LogP contribution in [-0.4, -0.2) is 18.0 Å². The number of hydrogen-bond donors (Lipinski definition) is 1. The quantitative estimate of drug-likeness (QED) is 0.839. The third-order valence-electron chi connectivity index (χ3n) is 2.33. The number of carbonyl (C=O) groups excluding carboxylic acids is 2. The number of aldehydes is 1. The zero-order valence-corrected chi connectivity index (χ0v) is 11.0. The van der Waals surface area contributed by atoms with Crippen molar-refractivity contribution < 1.29 is 18.7 Å². The largest absolute Gasteiger partial charge is 0.453 e. The van der Waals surface area contributed by atoms with E-state index in [2.05, 4.69) is 5.32 Å². The molecule has 1 amide bonds. The lowest BCUT2D eigenvalue weighted by atomic mass is 10.2. The van der Waals surface area contributed by atoms with Crippen LogP contribution in [0.5, 0.6) is 0 Å². The van der Waals surface area contributed by atoms with E-state index in [9.17, 15) is 9.59 Å². The van der Waals surface area contributed by atoms with Crippen molar-refractivity contribution in [3.8, 4) is 0 Å². The molecule has 0 bridgehead atoms. The van der Waals surface area contributed by atoms with Crippen molar-refractivity contribution >= 4 is 29.0 Å². The lowest BCUT2D eigenvalue weighted by Gasteiger charge is -2.19. The molecule has 2 rings (SSSR count). The summed E-state index contributed by atoms with van der Waals surface area (Å²) in [7, 11) is 0. The Bertz CT molecular complexity index is 622. The SMILES string of the molecule is CC(C)(C)OC(=O)Nc1cccc2oc(C=O)cc12. The number of fused-ring (bicyclic) bond motifs is 1. The molecule has 5 nitrogen and oxygen atoms in total. The molecule has 19 heavy (non-hydrogen) atoms. The topological polar surface area (TPSA) is 68.5 Å². The second-order valence-electron chi connectivity index (χ2n) is 5.11. The van der Waals surface area contributed by atoms with Gasteiger partial charge in [0.2, 0.25) is 0 Å². The van der Waals surface area contributed by atoms with Gasteiger partial charge in [0.05, 0.1) is 5.69 Å². The van der Waals surface area contributed by atoms with Crippen LogP contribution in [0.25, 0.3) is 11.0 Å². The van der Waals surface area contributed by atoms with E-state index in [-0.39, 0.29) is 5.76 Å². The zero-order chi connectivity index (χ0) is 14.0. The smallest absolute Gasteiger partial charge is 0.412 e. The van der Waals surface area contributed by atoms with Gasteiger partial charge < -0.3 is 9.15 Å². The van der Waals surface area contributed by atoms with Crippen molar-refractivity contribution in [3.05, 3.63) is 30.0 Å². The van der Waals surface area contributed by atoms with Gasteiger partial charge in [-0.3, -0.25) is 10.1 Å². The molecule has 1 aromatic carbocycles. The van der Waals surface area contributed by atoms with Crippen molar-refractivity contribution in [2.75, 3.05) is 5.32 Å². The molecule has 0 aliphatic heterocycles. The lowest BCUT2D eigenvalue weighted by Crippen LogP contribution is -2.27. The molecular formula is C14H15NO4. The second kappa shape index (κ2) is 4.76. The van der Waals surface area contributed by atoms with Gasteiger partial charge in [-0.15, -0.1) is 0 Å². The van der Waals surface area contributed by atoms with Crippen molar-refractivity contribution in [1.29, 1.82) is 0 Å². The minimum absolute atomic E-state index is 0.216. The van der Waals surface area contributed by atoms with Crippen LogP contribution in [-0.2, 0) is 4.74 Å². The Labute approximate surface area is 110 Å². The maximum absolute atomic E-state index is 11.7. The maximum atomic E-state index is 11.7. The van der Waals surface area contributed by atoms with E-state index in [1.807, 2.05) is 0 Å². The number of anilines is 1. The van der Waals surface area contributed by atoms with Gasteiger partial charge in [0, 0.05) is 5.39 Å². The first-order valence-electron chi connectivity index (χ1n) is 5.87. The molecule has 1 aromatic heterocycles. The van der Waals surface area contributed by atoms with E-state index in [4.69, 9.17) is 9.15 Å². The number of amides is 1. The van der Waals surface area contributed by atoms with Gasteiger partial charge in [-0.1, -0.05) is 6.07 Å². The Morgan fingerprint density at radius 1 is 1.37 bits per heavy atom. The molecule has 1 N–H and O–H groups in total. The van der Waals surface area contributed by atoms with Crippen molar-refractivity contribution in [2.24, 2.45) is 0 Å². The first-order valence-corrected chi connectivity index (χ1v) is 5.87. The third-order valence-corrected chi connectivity index (χ3v) is 2.33. The Balaban J connectivity index is 2.27. The lowest BCUT2D eigenvalue weighted by molar-refractivity contribution is 0.0636. The molecule has 100 valence electrons. The standard InChI is InChI=1S/C14H15NO4/c1-14(2,3)19-13(17)15-11-5-4-6-12-10(11)7-9(8-16)18-12/h4-8H,1-3H3,(H,15,17). The predicted molar refractivity (Wildman–Crippen MR) is 71.5 cm³/mol. The van der Waals surface area contributed by atoms with Crippen LogP contribution in [0.3, 0.4) is 0 Å². The van der Waals surface area contributed by atoms with Gasteiger partial charge in [-0.05, 0) is 39.0 Å². The van der Waals surface area contributed by atoms with Crippen molar-refractivity contribution in [2.45, 2.75) is 26.4 Å². The molecule has 0 spiro atoms. The fourth-order valence-electron chi connectivity index (χ4n) is 1.66. The summed E-state index contributed by atoms with van der Waals surface area (Å²) in [5.74, 6) is 0.216. The van der Waals surface area contributed by atoms with Crippen LogP contribution in [0.1, 0.15) is 31.3 Å². The number of ether oxygens (including phenoxy) is 1. The monoisotopic (exact) mass is 261 g/mol. The van der Waals surface area contributed by atoms with Crippen LogP contribution >= 0.6 is 0 Å². The van der Waals surface area contributed by atoms with Gasteiger partial charge in [-0.25, -0.2) is 4.79 Å². The van der Waals surface area contributed by atoms with Gasteiger partial charge >= 0.3 is 6.09 Å². The summed E-state index contributed by atoms with van der Waals surface area (Å²) >= 11 is 0. The van der Waals surface area contributed by atoms with E-state index in [1.54, 1.807) is 45.0 Å². The van der Waals surface area contributed by atoms with E-state index in [1.165, 1.54) is 0 Å². The first kappa shape index (κ1) is 13.1. The zero-order valence-electron chi connectivity index (χ0n) is 11.0. The molecular weight excluding hydrogens is 246 g/mol. The highest BCUT2D eigenvalue weighted by molar-refractivity contribution is 6.00. The molecule has 0 unspecified atom stereocenters. The predicted octanol–water partition coefficient (Wildman–Crippen LogP) is 3.59. The number of nitrogens with one attached hydrogen (secondary N) is 1. The van der Waals surface area contributed by atoms with E-state index >= 15 is 0 Å². The van der Waals surface area contributed by atoms with Gasteiger partial charge in [0.1, 0.15) is 11.2 Å². The first-order chi connectivity index (χ1) is 8.89. The summed E-state index contributed by atoms with van der Waals surface area (Å²) in [5.41, 5.74) is 0.516. The fraction of sp³-hybridized carbons (Fsp3) is 0.286. The highest BCUT2D eigenvalue weighted by Crippen LogP contribution is 2.26. The average Bonchev–Trinajstić information content (AvgIpc) is 2.70. The van der Waals surface area contributed by atoms with Crippen LogP contribution in [0, 0.1) is 0 Å². The minimum Gasteiger partial charge on any atom is -0.453 e. The van der Waals surface area contributed by atoms with Gasteiger partial charge in [0.15, 0.2) is 12.0 Å². The summed E-state index contributed by atoms with van der Waals surface area (Å²) in [6.07, 6.45) is 0.0749. The number of carbonyl (C=O) groups is 2. The minimum atomic E-state index is -0.567. The third kappa shape index (κ3) is 3.13. The molecule has 0 saturated heterocycles. The Hall–Kier alpha value is -2.30. The van der Waals surface area contributed by atoms with E-state index in [0.29, 0.717) is 22.9 Å². The van der Waals surface area contributed by atoms with E-state index in [0.717, 1.165) is 0 Å². The Kier molecular flexibility index (Phi) is 3.29. The van der Waals surface area contributed by atoms with Crippen LogP contribution in [0.2, 0.25) is 0 Å². The summed E-state index contributed by atoms with van der Waals surface area (Å²) in [6, 6.07) is 6.75. The van der Waals surface area contributed by atoms with Crippen molar-refractivity contribution in [3.63, 3.8) is 0 Å². The summed E-state index contributed by atoms with van der Waals surface area (Å²) < 4.78 is 10.5. The Morgan fingerprint density at radius 2 is 2.11 bits per heavy atom. The number of rotatable bonds is 2. The molecule has 0 radical (unpaired) electrons. The van der Waals surface area contributed by atoms with Crippen LogP contribution in [0.15, 0.2) is 28.7 Å². The molecule has 0 aliphatic rings. The fourth-order valence-corrected chi connectivity index (χ4v) is 1.66. The maximum Gasteiger partial charge on any atom is 0.412 e. The van der Waals surface area contributed by atoms with Crippen LogP contribution in [0.4, 0.5) is 10.5 Å². The van der Waals surface area contributed by atoms with E-state index < -0.39 is 11.7 Å². The number of hydrogen-bond acceptors (Lipinski definition) is 4. The Morgan fingerprint density at radius 3 is 2.74 bits per heavy atom. The molecule has 2 aromatic rings. The molecule has 0 aliphatic carbocycles. The summed E-state index contributed by atoms with van der Waals surface area (Å²) in [5, 5.41) is 3.30. The molecule has 0 atom stereocenters. The normalized spacial score (nSPS) is 11.3. The molecule has 0 saturated carbocycles. The average molecular weight is 261 g/mol. The van der Waals surface area contributed by atoms with Crippen LogP contribution < -0.4 is 5.32 Å². The number of benzene rings is 1. The second-order valence-corrected chi connectivity index (χ2v) is 5.11.